The molecule has 0 radical (unpaired) electrons. The topological polar surface area (TPSA) is 113 Å². The zero-order valence-electron chi connectivity index (χ0n) is 13.0. The fraction of sp³-hybridized carbons (Fsp3) is 0.235. The van der Waals surface area contributed by atoms with Crippen LogP contribution in [0.2, 0.25) is 0 Å². The number of aliphatic hydroxyl groups is 2. The second-order valence-electron chi connectivity index (χ2n) is 5.42. The predicted octanol–water partition coefficient (Wildman–Crippen LogP) is 1.73. The SMILES string of the molecule is Cc1ccc(C(=O)N[C@H](CO)[C@H](O)c2ccc([N+](=O)[O-])cc2)cc1. The number of hydrogen-bond donors (Lipinski definition) is 3. The van der Waals surface area contributed by atoms with Crippen LogP contribution in [0.3, 0.4) is 0 Å². The van der Waals surface area contributed by atoms with Gasteiger partial charge in [-0.3, -0.25) is 14.9 Å². The van der Waals surface area contributed by atoms with Crippen LogP contribution in [0.1, 0.15) is 27.6 Å². The van der Waals surface area contributed by atoms with E-state index < -0.39 is 29.6 Å². The van der Waals surface area contributed by atoms with Gasteiger partial charge in [0.15, 0.2) is 0 Å². The lowest BCUT2D eigenvalue weighted by molar-refractivity contribution is -0.384. The number of nitro benzene ring substituents is 1. The molecule has 0 saturated heterocycles. The van der Waals surface area contributed by atoms with E-state index in [1.165, 1.54) is 24.3 Å². The quantitative estimate of drug-likeness (QED) is 0.551. The normalized spacial score (nSPS) is 13.1. The summed E-state index contributed by atoms with van der Waals surface area (Å²) in [7, 11) is 0. The first-order valence-electron chi connectivity index (χ1n) is 7.33. The fourth-order valence-corrected chi connectivity index (χ4v) is 2.21. The van der Waals surface area contributed by atoms with Crippen LogP contribution in [-0.4, -0.2) is 33.7 Å². The van der Waals surface area contributed by atoms with Crippen LogP contribution in [0.5, 0.6) is 0 Å². The summed E-state index contributed by atoms with van der Waals surface area (Å²) in [5, 5.41) is 33.0. The van der Waals surface area contributed by atoms with E-state index in [-0.39, 0.29) is 5.69 Å². The maximum absolute atomic E-state index is 12.2. The van der Waals surface area contributed by atoms with Crippen molar-refractivity contribution in [1.82, 2.24) is 5.32 Å². The van der Waals surface area contributed by atoms with E-state index in [1.54, 1.807) is 24.3 Å². The number of amides is 1. The standard InChI is InChI=1S/C17H18N2O5/c1-11-2-4-13(5-3-11)17(22)18-15(10-20)16(21)12-6-8-14(9-7-12)19(23)24/h2-9,15-16,20-21H,10H2,1H3,(H,18,22)/t15-,16-/m1/s1. The average Bonchev–Trinajstić information content (AvgIpc) is 2.59. The summed E-state index contributed by atoms with van der Waals surface area (Å²) in [5.74, 6) is -0.421. The molecule has 1 amide bonds. The summed E-state index contributed by atoms with van der Waals surface area (Å²) in [4.78, 5) is 22.3. The van der Waals surface area contributed by atoms with Crippen LogP contribution in [0.25, 0.3) is 0 Å². The summed E-state index contributed by atoms with van der Waals surface area (Å²) in [5.41, 5.74) is 1.69. The number of aliphatic hydroxyl groups excluding tert-OH is 2. The van der Waals surface area contributed by atoms with Gasteiger partial charge < -0.3 is 15.5 Å². The lowest BCUT2D eigenvalue weighted by Crippen LogP contribution is -2.41. The average molecular weight is 330 g/mol. The van der Waals surface area contributed by atoms with Gasteiger partial charge in [-0.15, -0.1) is 0 Å². The molecule has 7 nitrogen and oxygen atoms in total. The van der Waals surface area contributed by atoms with Crippen LogP contribution in [0, 0.1) is 17.0 Å². The number of non-ortho nitro benzene ring substituents is 1. The molecule has 0 unspecified atom stereocenters. The van der Waals surface area contributed by atoms with E-state index in [9.17, 15) is 25.1 Å². The summed E-state index contributed by atoms with van der Waals surface area (Å²) in [6, 6.07) is 11.2. The maximum atomic E-state index is 12.2. The highest BCUT2D eigenvalue weighted by atomic mass is 16.6. The van der Waals surface area contributed by atoms with E-state index in [0.717, 1.165) is 5.56 Å². The Balaban J connectivity index is 2.10. The van der Waals surface area contributed by atoms with Crippen LogP contribution >= 0.6 is 0 Å². The zero-order chi connectivity index (χ0) is 17.7. The predicted molar refractivity (Wildman–Crippen MR) is 87.6 cm³/mol. The molecule has 0 aromatic heterocycles. The van der Waals surface area contributed by atoms with Gasteiger partial charge in [-0.1, -0.05) is 17.7 Å². The summed E-state index contributed by atoms with van der Waals surface area (Å²) in [6.45, 7) is 1.42. The first kappa shape index (κ1) is 17.6. The largest absolute Gasteiger partial charge is 0.394 e. The Morgan fingerprint density at radius 1 is 1.17 bits per heavy atom. The smallest absolute Gasteiger partial charge is 0.269 e. The molecule has 0 spiro atoms. The van der Waals surface area contributed by atoms with Crippen LogP contribution in [0.4, 0.5) is 5.69 Å². The summed E-state index contributed by atoms with van der Waals surface area (Å²) < 4.78 is 0. The number of benzene rings is 2. The molecule has 0 fully saturated rings. The number of nitrogens with one attached hydrogen (secondary N) is 1. The Bertz CT molecular complexity index is 713. The molecule has 7 heteroatoms. The van der Waals surface area contributed by atoms with Crippen molar-refractivity contribution in [2.75, 3.05) is 6.61 Å². The third-order valence-electron chi connectivity index (χ3n) is 3.65. The molecule has 126 valence electrons. The minimum absolute atomic E-state index is 0.102. The lowest BCUT2D eigenvalue weighted by Gasteiger charge is -2.22. The molecule has 0 saturated carbocycles. The number of nitro groups is 1. The Kier molecular flexibility index (Phi) is 5.62. The Labute approximate surface area is 138 Å². The molecule has 2 atom stereocenters. The number of carbonyl (C=O) groups excluding carboxylic acids is 1. The summed E-state index contributed by atoms with van der Waals surface area (Å²) >= 11 is 0. The van der Waals surface area contributed by atoms with Crippen LogP contribution in [-0.2, 0) is 0 Å². The van der Waals surface area contributed by atoms with Gasteiger partial charge in [-0.05, 0) is 36.8 Å². The molecular formula is C17H18N2O5. The second kappa shape index (κ2) is 7.67. The molecular weight excluding hydrogens is 312 g/mol. The van der Waals surface area contributed by atoms with E-state index in [1.807, 2.05) is 6.92 Å². The Morgan fingerprint density at radius 3 is 2.25 bits per heavy atom. The summed E-state index contributed by atoms with van der Waals surface area (Å²) in [6.07, 6.45) is -1.19. The molecule has 0 aliphatic rings. The third-order valence-corrected chi connectivity index (χ3v) is 3.65. The van der Waals surface area contributed by atoms with Gasteiger partial charge in [0, 0.05) is 17.7 Å². The van der Waals surface area contributed by atoms with Crippen molar-refractivity contribution >= 4 is 11.6 Å². The fourth-order valence-electron chi connectivity index (χ4n) is 2.21. The molecule has 2 rings (SSSR count). The zero-order valence-corrected chi connectivity index (χ0v) is 13.0. The molecule has 0 heterocycles. The third kappa shape index (κ3) is 4.15. The van der Waals surface area contributed by atoms with Crippen molar-refractivity contribution in [2.45, 2.75) is 19.1 Å². The van der Waals surface area contributed by atoms with Crippen molar-refractivity contribution in [3.63, 3.8) is 0 Å². The number of aryl methyl sites for hydroxylation is 1. The maximum Gasteiger partial charge on any atom is 0.269 e. The molecule has 2 aromatic rings. The van der Waals surface area contributed by atoms with Crippen molar-refractivity contribution in [1.29, 1.82) is 0 Å². The number of rotatable bonds is 6. The van der Waals surface area contributed by atoms with E-state index in [4.69, 9.17) is 0 Å². The van der Waals surface area contributed by atoms with Gasteiger partial charge in [-0.25, -0.2) is 0 Å². The number of hydrogen-bond acceptors (Lipinski definition) is 5. The molecule has 0 aliphatic heterocycles. The minimum Gasteiger partial charge on any atom is -0.394 e. The molecule has 0 bridgehead atoms. The highest BCUT2D eigenvalue weighted by molar-refractivity contribution is 5.94. The highest BCUT2D eigenvalue weighted by Crippen LogP contribution is 2.20. The van der Waals surface area contributed by atoms with Gasteiger partial charge in [0.25, 0.3) is 11.6 Å². The molecule has 3 N–H and O–H groups in total. The lowest BCUT2D eigenvalue weighted by atomic mass is 10.0. The van der Waals surface area contributed by atoms with Crippen molar-refractivity contribution < 1.29 is 19.9 Å². The Hall–Kier alpha value is -2.77. The monoisotopic (exact) mass is 330 g/mol. The van der Waals surface area contributed by atoms with E-state index >= 15 is 0 Å². The number of nitrogens with zero attached hydrogens (tertiary/aromatic N) is 1. The first-order valence-corrected chi connectivity index (χ1v) is 7.33. The highest BCUT2D eigenvalue weighted by Gasteiger charge is 2.23. The van der Waals surface area contributed by atoms with Gasteiger partial charge in [-0.2, -0.15) is 0 Å². The van der Waals surface area contributed by atoms with E-state index in [0.29, 0.717) is 11.1 Å². The Morgan fingerprint density at radius 2 is 1.75 bits per heavy atom. The van der Waals surface area contributed by atoms with Crippen molar-refractivity contribution in [3.05, 3.63) is 75.3 Å². The number of carbonyl (C=O) groups is 1. The van der Waals surface area contributed by atoms with Crippen molar-refractivity contribution in [3.8, 4) is 0 Å². The molecule has 0 aliphatic carbocycles. The van der Waals surface area contributed by atoms with E-state index in [2.05, 4.69) is 5.32 Å². The second-order valence-corrected chi connectivity index (χ2v) is 5.42. The van der Waals surface area contributed by atoms with Crippen LogP contribution in [0.15, 0.2) is 48.5 Å². The van der Waals surface area contributed by atoms with Gasteiger partial charge in [0.1, 0.15) is 6.10 Å². The first-order chi connectivity index (χ1) is 11.4. The van der Waals surface area contributed by atoms with Gasteiger partial charge in [0.05, 0.1) is 17.6 Å². The van der Waals surface area contributed by atoms with Gasteiger partial charge in [0.2, 0.25) is 0 Å². The minimum atomic E-state index is -1.19. The molecule has 2 aromatic carbocycles. The van der Waals surface area contributed by atoms with Crippen molar-refractivity contribution in [2.24, 2.45) is 0 Å². The van der Waals surface area contributed by atoms with Crippen LogP contribution < -0.4 is 5.32 Å². The van der Waals surface area contributed by atoms with Gasteiger partial charge >= 0.3 is 0 Å². The molecule has 24 heavy (non-hydrogen) atoms.